The monoisotopic (exact) mass is 388 g/mol. The Labute approximate surface area is 173 Å². The fourth-order valence-electron chi connectivity index (χ4n) is 3.90. The van der Waals surface area contributed by atoms with Crippen LogP contribution in [-0.2, 0) is 0 Å². The highest BCUT2D eigenvalue weighted by Gasteiger charge is 2.23. The van der Waals surface area contributed by atoms with Crippen LogP contribution >= 0.6 is 0 Å². The van der Waals surface area contributed by atoms with Gasteiger partial charge in [-0.2, -0.15) is 0 Å². The third-order valence-electron chi connectivity index (χ3n) is 5.32. The van der Waals surface area contributed by atoms with Gasteiger partial charge in [-0.1, -0.05) is 42.5 Å². The number of ether oxygens (including phenoxy) is 2. The SMILES string of the molecule is COc1ccc(C(c2cccc(Oc3ccccc3)c2)N2CCCNCC2)cc1. The molecule has 1 saturated heterocycles. The van der Waals surface area contributed by atoms with Gasteiger partial charge in [0.15, 0.2) is 0 Å². The molecule has 1 aliphatic rings. The lowest BCUT2D eigenvalue weighted by Gasteiger charge is -2.31. The summed E-state index contributed by atoms with van der Waals surface area (Å²) >= 11 is 0. The third-order valence-corrected chi connectivity index (χ3v) is 5.32. The molecule has 4 rings (SSSR count). The van der Waals surface area contributed by atoms with Gasteiger partial charge in [-0.3, -0.25) is 4.90 Å². The molecule has 0 amide bonds. The molecule has 4 nitrogen and oxygen atoms in total. The lowest BCUT2D eigenvalue weighted by atomic mass is 9.96. The smallest absolute Gasteiger partial charge is 0.127 e. The van der Waals surface area contributed by atoms with Crippen molar-refractivity contribution in [1.29, 1.82) is 0 Å². The largest absolute Gasteiger partial charge is 0.497 e. The van der Waals surface area contributed by atoms with Crippen molar-refractivity contribution < 1.29 is 9.47 Å². The zero-order valence-corrected chi connectivity index (χ0v) is 16.9. The van der Waals surface area contributed by atoms with Crippen molar-refractivity contribution in [3.05, 3.63) is 90.0 Å². The normalized spacial score (nSPS) is 16.0. The summed E-state index contributed by atoms with van der Waals surface area (Å²) in [6.45, 7) is 4.16. The summed E-state index contributed by atoms with van der Waals surface area (Å²) in [5.41, 5.74) is 2.51. The van der Waals surface area contributed by atoms with Gasteiger partial charge in [0.1, 0.15) is 17.2 Å². The summed E-state index contributed by atoms with van der Waals surface area (Å²) in [6, 6.07) is 27.0. The van der Waals surface area contributed by atoms with Crippen molar-refractivity contribution in [2.45, 2.75) is 12.5 Å². The highest BCUT2D eigenvalue weighted by Crippen LogP contribution is 2.33. The predicted octanol–water partition coefficient (Wildman–Crippen LogP) is 4.87. The van der Waals surface area contributed by atoms with Crippen LogP contribution < -0.4 is 14.8 Å². The Hall–Kier alpha value is -2.82. The Balaban J connectivity index is 1.67. The second-order valence-corrected chi connectivity index (χ2v) is 7.30. The van der Waals surface area contributed by atoms with Crippen molar-refractivity contribution in [3.8, 4) is 17.2 Å². The van der Waals surface area contributed by atoms with Crippen LogP contribution in [0.1, 0.15) is 23.6 Å². The Bertz CT molecular complexity index is 888. The standard InChI is InChI=1S/C25H28N2O2/c1-28-22-13-11-20(12-14-22)25(27-17-6-15-26-16-18-27)21-7-5-10-24(19-21)29-23-8-3-2-4-9-23/h2-5,7-14,19,25-26H,6,15-18H2,1H3. The van der Waals surface area contributed by atoms with E-state index in [0.29, 0.717) is 0 Å². The van der Waals surface area contributed by atoms with Gasteiger partial charge < -0.3 is 14.8 Å². The molecule has 150 valence electrons. The van der Waals surface area contributed by atoms with E-state index in [1.165, 1.54) is 11.1 Å². The lowest BCUT2D eigenvalue weighted by Crippen LogP contribution is -2.33. The van der Waals surface area contributed by atoms with E-state index >= 15 is 0 Å². The second kappa shape index (κ2) is 9.59. The number of hydrogen-bond donors (Lipinski definition) is 1. The molecule has 4 heteroatoms. The Morgan fingerprint density at radius 3 is 2.34 bits per heavy atom. The van der Waals surface area contributed by atoms with Gasteiger partial charge in [0.05, 0.1) is 13.2 Å². The first kappa shape index (κ1) is 19.5. The molecule has 1 fully saturated rings. The van der Waals surface area contributed by atoms with Crippen molar-refractivity contribution in [3.63, 3.8) is 0 Å². The molecule has 1 unspecified atom stereocenters. The number of nitrogens with one attached hydrogen (secondary N) is 1. The summed E-state index contributed by atoms with van der Waals surface area (Å²) in [7, 11) is 1.71. The number of benzene rings is 3. The van der Waals surface area contributed by atoms with Crippen LogP contribution in [0.3, 0.4) is 0 Å². The maximum Gasteiger partial charge on any atom is 0.127 e. The summed E-state index contributed by atoms with van der Waals surface area (Å²) in [5, 5.41) is 3.51. The van der Waals surface area contributed by atoms with Crippen LogP contribution in [0.2, 0.25) is 0 Å². The molecule has 1 N–H and O–H groups in total. The van der Waals surface area contributed by atoms with Gasteiger partial charge in [0.25, 0.3) is 0 Å². The van der Waals surface area contributed by atoms with Crippen molar-refractivity contribution >= 4 is 0 Å². The quantitative estimate of drug-likeness (QED) is 0.653. The van der Waals surface area contributed by atoms with Crippen LogP contribution in [-0.4, -0.2) is 38.2 Å². The van der Waals surface area contributed by atoms with Crippen molar-refractivity contribution in [1.82, 2.24) is 10.2 Å². The van der Waals surface area contributed by atoms with Gasteiger partial charge in [0.2, 0.25) is 0 Å². The molecule has 29 heavy (non-hydrogen) atoms. The highest BCUT2D eigenvalue weighted by molar-refractivity contribution is 5.40. The van der Waals surface area contributed by atoms with E-state index in [0.717, 1.165) is 49.8 Å². The summed E-state index contributed by atoms with van der Waals surface area (Å²) < 4.78 is 11.5. The van der Waals surface area contributed by atoms with Gasteiger partial charge in [-0.05, 0) is 60.5 Å². The number of hydrogen-bond acceptors (Lipinski definition) is 4. The molecule has 1 heterocycles. The molecule has 1 aliphatic heterocycles. The maximum atomic E-state index is 6.10. The second-order valence-electron chi connectivity index (χ2n) is 7.30. The van der Waals surface area contributed by atoms with E-state index in [4.69, 9.17) is 9.47 Å². The predicted molar refractivity (Wildman–Crippen MR) is 117 cm³/mol. The fourth-order valence-corrected chi connectivity index (χ4v) is 3.90. The van der Waals surface area contributed by atoms with Crippen LogP contribution in [0.4, 0.5) is 0 Å². The molecule has 3 aromatic carbocycles. The topological polar surface area (TPSA) is 33.7 Å². The number of rotatable bonds is 6. The Morgan fingerprint density at radius 1 is 0.759 bits per heavy atom. The summed E-state index contributed by atoms with van der Waals surface area (Å²) in [5.74, 6) is 2.59. The minimum absolute atomic E-state index is 0.181. The molecule has 0 aliphatic carbocycles. The van der Waals surface area contributed by atoms with E-state index in [1.54, 1.807) is 7.11 Å². The maximum absolute atomic E-state index is 6.10. The molecule has 1 atom stereocenters. The fraction of sp³-hybridized carbons (Fsp3) is 0.280. The van der Waals surface area contributed by atoms with Crippen LogP contribution in [0.15, 0.2) is 78.9 Å². The first-order valence-corrected chi connectivity index (χ1v) is 10.2. The number of methoxy groups -OCH3 is 1. The van der Waals surface area contributed by atoms with E-state index in [1.807, 2.05) is 48.5 Å². The van der Waals surface area contributed by atoms with Crippen molar-refractivity contribution in [2.24, 2.45) is 0 Å². The van der Waals surface area contributed by atoms with Gasteiger partial charge in [-0.15, -0.1) is 0 Å². The molecule has 0 saturated carbocycles. The minimum Gasteiger partial charge on any atom is -0.497 e. The molecule has 0 aromatic heterocycles. The number of nitrogens with zero attached hydrogens (tertiary/aromatic N) is 1. The molecule has 0 spiro atoms. The Morgan fingerprint density at radius 2 is 1.55 bits per heavy atom. The Kier molecular flexibility index (Phi) is 6.45. The van der Waals surface area contributed by atoms with E-state index in [9.17, 15) is 0 Å². The van der Waals surface area contributed by atoms with Gasteiger partial charge in [0, 0.05) is 19.6 Å². The van der Waals surface area contributed by atoms with E-state index < -0.39 is 0 Å². The average Bonchev–Trinajstić information content (AvgIpc) is 3.05. The average molecular weight is 389 g/mol. The first-order chi connectivity index (χ1) is 14.3. The van der Waals surface area contributed by atoms with Gasteiger partial charge in [-0.25, -0.2) is 0 Å². The lowest BCUT2D eigenvalue weighted by molar-refractivity contribution is 0.240. The third kappa shape index (κ3) is 4.97. The molecular formula is C25H28N2O2. The van der Waals surface area contributed by atoms with E-state index in [-0.39, 0.29) is 6.04 Å². The number of para-hydroxylation sites is 1. The zero-order chi connectivity index (χ0) is 19.9. The molecule has 3 aromatic rings. The van der Waals surface area contributed by atoms with Crippen LogP contribution in [0, 0.1) is 0 Å². The van der Waals surface area contributed by atoms with Gasteiger partial charge >= 0.3 is 0 Å². The van der Waals surface area contributed by atoms with Crippen LogP contribution in [0.5, 0.6) is 17.2 Å². The summed E-state index contributed by atoms with van der Waals surface area (Å²) in [4.78, 5) is 2.56. The van der Waals surface area contributed by atoms with E-state index in [2.05, 4.69) is 40.5 Å². The zero-order valence-electron chi connectivity index (χ0n) is 16.9. The minimum atomic E-state index is 0.181. The molecular weight excluding hydrogens is 360 g/mol. The molecule has 0 bridgehead atoms. The van der Waals surface area contributed by atoms with Crippen molar-refractivity contribution in [2.75, 3.05) is 33.3 Å². The first-order valence-electron chi connectivity index (χ1n) is 10.2. The molecule has 0 radical (unpaired) electrons. The van der Waals surface area contributed by atoms with Crippen LogP contribution in [0.25, 0.3) is 0 Å². The summed E-state index contributed by atoms with van der Waals surface area (Å²) in [6.07, 6.45) is 1.15. The highest BCUT2D eigenvalue weighted by atomic mass is 16.5.